The van der Waals surface area contributed by atoms with E-state index in [1.54, 1.807) is 11.8 Å². The normalized spacial score (nSPS) is 29.0. The molecule has 2 N–H and O–H groups in total. The van der Waals surface area contributed by atoms with Gasteiger partial charge in [-0.3, -0.25) is 9.89 Å². The van der Waals surface area contributed by atoms with Gasteiger partial charge in [0.2, 0.25) is 5.91 Å². The molecule has 3 atom stereocenters. The fraction of sp³-hybridized carbons (Fsp3) is 0.556. The van der Waals surface area contributed by atoms with E-state index in [0.717, 1.165) is 34.6 Å². The number of fused-ring (bicyclic) bond motifs is 2. The number of carbonyl (C=O) groups is 1. The zero-order valence-electron chi connectivity index (χ0n) is 14.9. The van der Waals surface area contributed by atoms with E-state index < -0.39 is 5.54 Å². The van der Waals surface area contributed by atoms with Crippen molar-refractivity contribution in [3.05, 3.63) is 23.9 Å². The van der Waals surface area contributed by atoms with E-state index in [0.29, 0.717) is 5.92 Å². The molecule has 1 aromatic heterocycles. The first-order valence-electron chi connectivity index (χ1n) is 8.52. The van der Waals surface area contributed by atoms with E-state index in [1.165, 1.54) is 0 Å². The number of aromatic nitrogens is 2. The molecule has 25 heavy (non-hydrogen) atoms. The van der Waals surface area contributed by atoms with Crippen molar-refractivity contribution in [2.45, 2.75) is 31.2 Å². The zero-order chi connectivity index (χ0) is 18.0. The largest absolute Gasteiger partial charge is 0.345 e. The number of H-pyrrole nitrogens is 1. The molecule has 5 nitrogen and oxygen atoms in total. The molecule has 1 saturated heterocycles. The Morgan fingerprint density at radius 3 is 2.92 bits per heavy atom. The van der Waals surface area contributed by atoms with Crippen molar-refractivity contribution in [1.82, 2.24) is 18.6 Å². The van der Waals surface area contributed by atoms with Crippen LogP contribution < -0.4 is 5.32 Å². The van der Waals surface area contributed by atoms with Crippen LogP contribution in [0.4, 0.5) is 0 Å². The Balaban J connectivity index is 1.58. The van der Waals surface area contributed by atoms with Crippen molar-refractivity contribution in [3.8, 4) is 0 Å². The number of nitrogens with one attached hydrogen (secondary N) is 2. The van der Waals surface area contributed by atoms with E-state index in [1.807, 2.05) is 6.07 Å². The minimum absolute atomic E-state index is 0.133. The maximum Gasteiger partial charge on any atom is 0.224 e. The molecule has 0 unspecified atom stereocenters. The number of thioether (sulfide) groups is 1. The van der Waals surface area contributed by atoms with Gasteiger partial charge in [0.1, 0.15) is 5.52 Å². The van der Waals surface area contributed by atoms with E-state index in [9.17, 15) is 4.79 Å². The third-order valence-electron chi connectivity index (χ3n) is 5.87. The number of amides is 1. The lowest BCUT2D eigenvalue weighted by molar-refractivity contribution is -0.125. The second kappa shape index (κ2) is 5.85. The van der Waals surface area contributed by atoms with Gasteiger partial charge in [-0.1, -0.05) is 19.1 Å². The molecule has 1 aromatic carbocycles. The van der Waals surface area contributed by atoms with Gasteiger partial charge in [0.15, 0.2) is 0 Å². The minimum Gasteiger partial charge on any atom is -0.345 e. The van der Waals surface area contributed by atoms with Gasteiger partial charge in [-0.05, 0) is 37.5 Å². The Morgan fingerprint density at radius 1 is 1.52 bits per heavy atom. The number of carbonyl (C=O) groups excluding carboxylic acids is 1. The number of benzene rings is 1. The van der Waals surface area contributed by atoms with Gasteiger partial charge >= 0.3 is 0 Å². The molecule has 0 spiro atoms. The highest BCUT2D eigenvalue weighted by molar-refractivity contribution is 14.1. The lowest BCUT2D eigenvalue weighted by atomic mass is 9.96. The predicted molar refractivity (Wildman–Crippen MR) is 110 cm³/mol. The van der Waals surface area contributed by atoms with E-state index in [-0.39, 0.29) is 17.2 Å². The summed E-state index contributed by atoms with van der Waals surface area (Å²) >= 11 is 4.05. The van der Waals surface area contributed by atoms with Gasteiger partial charge in [0, 0.05) is 52.2 Å². The molecule has 1 saturated carbocycles. The summed E-state index contributed by atoms with van der Waals surface area (Å²) < 4.78 is 2.30. The second-order valence-corrected chi connectivity index (χ2v) is 10.2. The average Bonchev–Trinajstić information content (AvgIpc) is 2.88. The van der Waals surface area contributed by atoms with Crippen molar-refractivity contribution in [2.24, 2.45) is 17.3 Å². The topological polar surface area (TPSA) is 61.0 Å². The van der Waals surface area contributed by atoms with Gasteiger partial charge in [0.05, 0.1) is 11.2 Å². The standard InChI is InChI=1S/C18H23IN4OS/c1-17(2,15-10-6-5-7-12(25-4)14(10)21-22-15)20-16(24)13-11-8-23(19)9-18(11,13)3/h5-7,11,13H,8-9H2,1-4H3,(H,20,24)(H,21,22)/t11-,13+,18-/m0/s1. The van der Waals surface area contributed by atoms with Crippen LogP contribution in [0.5, 0.6) is 0 Å². The molecule has 134 valence electrons. The molecule has 2 aromatic rings. The summed E-state index contributed by atoms with van der Waals surface area (Å²) in [5.74, 6) is 0.793. The quantitative estimate of drug-likeness (QED) is 0.408. The summed E-state index contributed by atoms with van der Waals surface area (Å²) in [5.41, 5.74) is 1.60. The highest BCUT2D eigenvalue weighted by Gasteiger charge is 2.68. The number of para-hydroxylation sites is 1. The number of hydrogen-bond acceptors (Lipinski definition) is 4. The molecule has 4 rings (SSSR count). The van der Waals surface area contributed by atoms with Crippen LogP contribution in [-0.4, -0.2) is 38.6 Å². The van der Waals surface area contributed by atoms with Gasteiger partial charge in [-0.15, -0.1) is 11.8 Å². The monoisotopic (exact) mass is 470 g/mol. The number of piperidine rings is 1. The fourth-order valence-corrected chi connectivity index (χ4v) is 6.14. The number of halogens is 1. The highest BCUT2D eigenvalue weighted by Crippen LogP contribution is 2.63. The van der Waals surface area contributed by atoms with Crippen LogP contribution in [0.3, 0.4) is 0 Å². The fourth-order valence-electron chi connectivity index (χ4n) is 4.42. The van der Waals surface area contributed by atoms with Gasteiger partial charge in [-0.2, -0.15) is 5.10 Å². The smallest absolute Gasteiger partial charge is 0.224 e. The van der Waals surface area contributed by atoms with Gasteiger partial charge in [-0.25, -0.2) is 3.11 Å². The summed E-state index contributed by atoms with van der Waals surface area (Å²) in [5, 5.41) is 12.0. The molecule has 2 aliphatic rings. The molecule has 2 heterocycles. The molecule has 0 radical (unpaired) electrons. The first-order valence-corrected chi connectivity index (χ1v) is 10.7. The number of aromatic amines is 1. The van der Waals surface area contributed by atoms with Crippen molar-refractivity contribution in [3.63, 3.8) is 0 Å². The van der Waals surface area contributed by atoms with Crippen LogP contribution in [0.15, 0.2) is 23.1 Å². The summed E-state index contributed by atoms with van der Waals surface area (Å²) in [7, 11) is 0. The Morgan fingerprint density at radius 2 is 2.28 bits per heavy atom. The summed E-state index contributed by atoms with van der Waals surface area (Å²) in [6.45, 7) is 8.36. The van der Waals surface area contributed by atoms with Crippen LogP contribution >= 0.6 is 34.6 Å². The maximum atomic E-state index is 12.9. The molecule has 0 bridgehead atoms. The van der Waals surface area contributed by atoms with E-state index in [4.69, 9.17) is 0 Å². The van der Waals surface area contributed by atoms with Crippen LogP contribution in [0.2, 0.25) is 0 Å². The van der Waals surface area contributed by atoms with Crippen molar-refractivity contribution < 1.29 is 4.79 Å². The molecule has 1 aliphatic carbocycles. The lowest BCUT2D eigenvalue weighted by Crippen LogP contribution is -2.43. The second-order valence-electron chi connectivity index (χ2n) is 7.96. The molecular weight excluding hydrogens is 447 g/mol. The first-order chi connectivity index (χ1) is 11.8. The summed E-state index contributed by atoms with van der Waals surface area (Å²) in [6, 6.07) is 6.19. The third kappa shape index (κ3) is 2.70. The van der Waals surface area contributed by atoms with Crippen molar-refractivity contribution >= 4 is 51.4 Å². The Hall–Kier alpha value is -0.800. The Bertz CT molecular complexity index is 851. The highest BCUT2D eigenvalue weighted by atomic mass is 127. The molecule has 1 aliphatic heterocycles. The third-order valence-corrected chi connectivity index (χ3v) is 7.37. The SMILES string of the molecule is CSc1cccc2c(C(C)(C)NC(=O)[C@H]3[C@@H]4CN(I)C[C@@]43C)[nH]nc12. The van der Waals surface area contributed by atoms with Crippen LogP contribution in [0.1, 0.15) is 26.5 Å². The van der Waals surface area contributed by atoms with Gasteiger partial charge in [0.25, 0.3) is 0 Å². The minimum atomic E-state index is -0.486. The van der Waals surface area contributed by atoms with E-state index >= 15 is 0 Å². The average molecular weight is 470 g/mol. The van der Waals surface area contributed by atoms with Gasteiger partial charge < -0.3 is 5.32 Å². The Kier molecular flexibility index (Phi) is 4.12. The number of hydrogen-bond donors (Lipinski definition) is 2. The summed E-state index contributed by atoms with van der Waals surface area (Å²) in [6.07, 6.45) is 2.05. The van der Waals surface area contributed by atoms with Crippen LogP contribution in [0, 0.1) is 17.3 Å². The lowest BCUT2D eigenvalue weighted by Gasteiger charge is -2.27. The Labute approximate surface area is 166 Å². The number of rotatable bonds is 4. The number of nitrogens with zero attached hydrogens (tertiary/aromatic N) is 2. The van der Waals surface area contributed by atoms with Crippen molar-refractivity contribution in [2.75, 3.05) is 19.3 Å². The predicted octanol–water partition coefficient (Wildman–Crippen LogP) is 3.55. The van der Waals surface area contributed by atoms with E-state index in [2.05, 4.69) is 80.7 Å². The van der Waals surface area contributed by atoms with Crippen molar-refractivity contribution in [1.29, 1.82) is 0 Å². The van der Waals surface area contributed by atoms with Crippen LogP contribution in [-0.2, 0) is 10.3 Å². The molecule has 1 amide bonds. The maximum absolute atomic E-state index is 12.9. The molecular formula is C18H23IN4OS. The molecule has 2 fully saturated rings. The first kappa shape index (κ1) is 17.6. The summed E-state index contributed by atoms with van der Waals surface area (Å²) in [4.78, 5) is 14.1. The molecule has 7 heteroatoms. The zero-order valence-corrected chi connectivity index (χ0v) is 17.9. The van der Waals surface area contributed by atoms with Crippen LogP contribution in [0.25, 0.3) is 10.9 Å².